The average Bonchev–Trinajstić information content (AvgIpc) is 2.88. The zero-order valence-corrected chi connectivity index (χ0v) is 23.9. The molecule has 1 atom stereocenters. The smallest absolute Gasteiger partial charge is 0.264 e. The van der Waals surface area contributed by atoms with Crippen molar-refractivity contribution in [2.75, 3.05) is 10.8 Å². The van der Waals surface area contributed by atoms with E-state index in [2.05, 4.69) is 21.2 Å². The summed E-state index contributed by atoms with van der Waals surface area (Å²) in [6.45, 7) is 4.87. The van der Waals surface area contributed by atoms with E-state index in [0.29, 0.717) is 16.5 Å². The minimum absolute atomic E-state index is 0.000837. The Hall–Kier alpha value is -3.24. The molecule has 0 bridgehead atoms. The van der Waals surface area contributed by atoms with Crippen molar-refractivity contribution < 1.29 is 22.4 Å². The van der Waals surface area contributed by atoms with Crippen LogP contribution in [0.1, 0.15) is 32.8 Å². The van der Waals surface area contributed by atoms with Gasteiger partial charge in [-0.15, -0.1) is 0 Å². The van der Waals surface area contributed by atoms with E-state index >= 15 is 0 Å². The van der Waals surface area contributed by atoms with Crippen LogP contribution >= 0.6 is 15.9 Å². The van der Waals surface area contributed by atoms with E-state index in [0.717, 1.165) is 4.31 Å². The molecular formula is C28H31BrFN3O4S. The van der Waals surface area contributed by atoms with Crippen molar-refractivity contribution in [2.24, 2.45) is 0 Å². The fourth-order valence-electron chi connectivity index (χ4n) is 3.97. The molecule has 0 heterocycles. The second kappa shape index (κ2) is 13.0. The quantitative estimate of drug-likeness (QED) is 0.330. The number of anilines is 1. The van der Waals surface area contributed by atoms with Crippen molar-refractivity contribution >= 4 is 43.5 Å². The third kappa shape index (κ3) is 7.41. The Balaban J connectivity index is 2.05. The van der Waals surface area contributed by atoms with Gasteiger partial charge in [-0.2, -0.15) is 0 Å². The Kier molecular flexibility index (Phi) is 10.0. The SMILES string of the molecule is CC[C@@H](C(=O)NC(C)C)N(Cc1ccc(F)cc1)C(=O)CN(c1cccc(Br)c1)S(=O)(=O)c1ccccc1. The Bertz CT molecular complexity index is 1350. The lowest BCUT2D eigenvalue weighted by Crippen LogP contribution is -2.53. The van der Waals surface area contributed by atoms with E-state index in [1.54, 1.807) is 49.4 Å². The van der Waals surface area contributed by atoms with Gasteiger partial charge in [0.15, 0.2) is 0 Å². The maximum atomic E-state index is 13.9. The second-order valence-corrected chi connectivity index (χ2v) is 11.8. The molecule has 3 rings (SSSR count). The van der Waals surface area contributed by atoms with Gasteiger partial charge < -0.3 is 10.2 Å². The number of halogens is 2. The molecule has 202 valence electrons. The standard InChI is InChI=1S/C28H31BrFN3O4S/c1-4-26(28(35)31-20(2)3)32(18-21-13-15-23(30)16-14-21)27(34)19-33(24-10-8-9-22(29)17-24)38(36,37)25-11-6-5-7-12-25/h5-17,20,26H,4,18-19H2,1-3H3,(H,31,35)/t26-/m0/s1. The number of nitrogens with one attached hydrogen (secondary N) is 1. The van der Waals surface area contributed by atoms with Gasteiger partial charge in [-0.1, -0.05) is 59.3 Å². The van der Waals surface area contributed by atoms with Crippen molar-refractivity contribution in [3.8, 4) is 0 Å². The van der Waals surface area contributed by atoms with Crippen LogP contribution in [-0.2, 0) is 26.2 Å². The number of carbonyl (C=O) groups excluding carboxylic acids is 2. The molecule has 0 spiro atoms. The van der Waals surface area contributed by atoms with Crippen LogP contribution in [0.15, 0.2) is 88.2 Å². The minimum Gasteiger partial charge on any atom is -0.352 e. The zero-order chi connectivity index (χ0) is 27.9. The van der Waals surface area contributed by atoms with Gasteiger partial charge in [0.1, 0.15) is 18.4 Å². The first-order valence-corrected chi connectivity index (χ1v) is 14.4. The van der Waals surface area contributed by atoms with E-state index in [4.69, 9.17) is 0 Å². The normalized spacial score (nSPS) is 12.2. The van der Waals surface area contributed by atoms with Crippen molar-refractivity contribution in [1.82, 2.24) is 10.2 Å². The first-order chi connectivity index (χ1) is 18.0. The number of carbonyl (C=O) groups is 2. The molecule has 0 aliphatic heterocycles. The Labute approximate surface area is 231 Å². The molecule has 38 heavy (non-hydrogen) atoms. The van der Waals surface area contributed by atoms with Gasteiger partial charge in [-0.25, -0.2) is 12.8 Å². The number of benzene rings is 3. The first-order valence-electron chi connectivity index (χ1n) is 12.2. The highest BCUT2D eigenvalue weighted by molar-refractivity contribution is 9.10. The molecule has 1 N–H and O–H groups in total. The van der Waals surface area contributed by atoms with Crippen LogP contribution in [0.5, 0.6) is 0 Å². The number of hydrogen-bond donors (Lipinski definition) is 1. The molecule has 0 aliphatic rings. The Morgan fingerprint density at radius 2 is 1.63 bits per heavy atom. The zero-order valence-electron chi connectivity index (χ0n) is 21.5. The van der Waals surface area contributed by atoms with Gasteiger partial charge in [-0.05, 0) is 68.3 Å². The monoisotopic (exact) mass is 603 g/mol. The maximum absolute atomic E-state index is 13.9. The molecule has 3 aromatic rings. The van der Waals surface area contributed by atoms with Crippen LogP contribution in [0, 0.1) is 5.82 Å². The van der Waals surface area contributed by atoms with E-state index in [1.165, 1.54) is 41.3 Å². The summed E-state index contributed by atoms with van der Waals surface area (Å²) < 4.78 is 42.7. The molecule has 7 nitrogen and oxygen atoms in total. The topological polar surface area (TPSA) is 86.8 Å². The van der Waals surface area contributed by atoms with Crippen molar-refractivity contribution in [3.05, 3.63) is 94.7 Å². The Morgan fingerprint density at radius 1 is 0.974 bits per heavy atom. The molecule has 0 radical (unpaired) electrons. The van der Waals surface area contributed by atoms with E-state index < -0.39 is 34.3 Å². The number of rotatable bonds is 11. The third-order valence-corrected chi connectivity index (χ3v) is 8.07. The second-order valence-electron chi connectivity index (χ2n) is 9.04. The van der Waals surface area contributed by atoms with Crippen LogP contribution in [0.4, 0.5) is 10.1 Å². The molecule has 3 aromatic carbocycles. The number of amides is 2. The van der Waals surface area contributed by atoms with Crippen LogP contribution < -0.4 is 9.62 Å². The summed E-state index contributed by atoms with van der Waals surface area (Å²) in [7, 11) is -4.13. The van der Waals surface area contributed by atoms with Gasteiger partial charge in [0.05, 0.1) is 10.6 Å². The molecule has 0 unspecified atom stereocenters. The molecule has 10 heteroatoms. The summed E-state index contributed by atoms with van der Waals surface area (Å²) >= 11 is 3.37. The van der Waals surface area contributed by atoms with Gasteiger partial charge in [0, 0.05) is 17.1 Å². The lowest BCUT2D eigenvalue weighted by atomic mass is 10.1. The van der Waals surface area contributed by atoms with Gasteiger partial charge >= 0.3 is 0 Å². The largest absolute Gasteiger partial charge is 0.352 e. The summed E-state index contributed by atoms with van der Waals surface area (Å²) in [6, 6.07) is 19.1. The van der Waals surface area contributed by atoms with Crippen LogP contribution in [0.3, 0.4) is 0 Å². The van der Waals surface area contributed by atoms with Gasteiger partial charge in [-0.3, -0.25) is 13.9 Å². The maximum Gasteiger partial charge on any atom is 0.264 e. The molecule has 0 saturated carbocycles. The molecule has 0 saturated heterocycles. The number of hydrogen-bond acceptors (Lipinski definition) is 4. The van der Waals surface area contributed by atoms with Crippen molar-refractivity contribution in [1.29, 1.82) is 0 Å². The van der Waals surface area contributed by atoms with Crippen LogP contribution in [-0.4, -0.2) is 43.8 Å². The lowest BCUT2D eigenvalue weighted by molar-refractivity contribution is -0.140. The molecule has 0 aliphatic carbocycles. The third-order valence-electron chi connectivity index (χ3n) is 5.79. The van der Waals surface area contributed by atoms with Crippen molar-refractivity contribution in [3.63, 3.8) is 0 Å². The highest BCUT2D eigenvalue weighted by Gasteiger charge is 2.33. The van der Waals surface area contributed by atoms with E-state index in [1.807, 2.05) is 13.8 Å². The van der Waals surface area contributed by atoms with Crippen molar-refractivity contribution in [2.45, 2.75) is 50.7 Å². The summed E-state index contributed by atoms with van der Waals surface area (Å²) in [5.41, 5.74) is 0.897. The minimum atomic E-state index is -4.13. The van der Waals surface area contributed by atoms with Gasteiger partial charge in [0.2, 0.25) is 11.8 Å². The van der Waals surface area contributed by atoms with Crippen LogP contribution in [0.25, 0.3) is 0 Å². The molecule has 2 amide bonds. The van der Waals surface area contributed by atoms with Gasteiger partial charge in [0.25, 0.3) is 10.0 Å². The first kappa shape index (κ1) is 29.3. The number of nitrogens with zero attached hydrogens (tertiary/aromatic N) is 2. The average molecular weight is 605 g/mol. The fraction of sp³-hybridized carbons (Fsp3) is 0.286. The summed E-state index contributed by atoms with van der Waals surface area (Å²) in [4.78, 5) is 28.4. The molecule has 0 aromatic heterocycles. The lowest BCUT2D eigenvalue weighted by Gasteiger charge is -2.33. The molecular weight excluding hydrogens is 573 g/mol. The van der Waals surface area contributed by atoms with Crippen LogP contribution in [0.2, 0.25) is 0 Å². The fourth-order valence-corrected chi connectivity index (χ4v) is 5.78. The Morgan fingerprint density at radius 3 is 2.21 bits per heavy atom. The predicted octanol–water partition coefficient (Wildman–Crippen LogP) is 5.12. The number of sulfonamides is 1. The predicted molar refractivity (Wildman–Crippen MR) is 149 cm³/mol. The summed E-state index contributed by atoms with van der Waals surface area (Å²) in [6.07, 6.45) is 0.299. The highest BCUT2D eigenvalue weighted by Crippen LogP contribution is 2.27. The highest BCUT2D eigenvalue weighted by atomic mass is 79.9. The summed E-state index contributed by atoms with van der Waals surface area (Å²) in [5, 5.41) is 2.84. The molecule has 0 fully saturated rings. The van der Waals surface area contributed by atoms with E-state index in [-0.39, 0.29) is 29.1 Å². The van der Waals surface area contributed by atoms with E-state index in [9.17, 15) is 22.4 Å². The summed E-state index contributed by atoms with van der Waals surface area (Å²) in [5.74, 6) is -1.34.